The fraction of sp³-hybridized carbons (Fsp3) is 0.250. The van der Waals surface area contributed by atoms with Crippen LogP contribution in [0, 0.1) is 4.78 Å². The highest BCUT2D eigenvalue weighted by atomic mass is 32.2. The van der Waals surface area contributed by atoms with Crippen LogP contribution in [0.3, 0.4) is 0 Å². The van der Waals surface area contributed by atoms with Crippen molar-refractivity contribution in [2.45, 2.75) is 5.03 Å². The molecular weight excluding hydrogens is 204 g/mol. The molecule has 0 fully saturated rings. The van der Waals surface area contributed by atoms with Gasteiger partial charge in [0, 0.05) is 12.5 Å². The summed E-state index contributed by atoms with van der Waals surface area (Å²) in [6.45, 7) is 0. The van der Waals surface area contributed by atoms with E-state index in [1.54, 1.807) is 0 Å². The van der Waals surface area contributed by atoms with Crippen LogP contribution in [0.15, 0.2) is 23.4 Å². The van der Waals surface area contributed by atoms with Gasteiger partial charge >= 0.3 is 5.97 Å². The Hall–Kier alpha value is -1.43. The van der Waals surface area contributed by atoms with E-state index in [4.69, 9.17) is 4.78 Å². The zero-order valence-electron chi connectivity index (χ0n) is 7.81. The normalized spacial score (nSPS) is 14.4. The lowest BCUT2D eigenvalue weighted by atomic mass is 10.3. The highest BCUT2D eigenvalue weighted by Gasteiger charge is 2.17. The van der Waals surface area contributed by atoms with Crippen molar-refractivity contribution in [1.82, 2.24) is 4.98 Å². The van der Waals surface area contributed by atoms with Crippen LogP contribution in [0.1, 0.15) is 10.4 Å². The molecule has 0 aliphatic carbocycles. The summed E-state index contributed by atoms with van der Waals surface area (Å²) in [4.78, 5) is 15.0. The number of hydrogen-bond acceptors (Lipinski definition) is 5. The van der Waals surface area contributed by atoms with E-state index >= 15 is 0 Å². The molecule has 1 heterocycles. The van der Waals surface area contributed by atoms with Gasteiger partial charge < -0.3 is 4.74 Å². The van der Waals surface area contributed by atoms with Gasteiger partial charge in [-0.3, -0.25) is 0 Å². The van der Waals surface area contributed by atoms with Gasteiger partial charge in [-0.15, -0.1) is 0 Å². The van der Waals surface area contributed by atoms with Crippen LogP contribution in [0.4, 0.5) is 0 Å². The quantitative estimate of drug-likeness (QED) is 0.742. The van der Waals surface area contributed by atoms with E-state index < -0.39 is 15.7 Å². The smallest absolute Gasteiger partial charge is 0.340 e. The summed E-state index contributed by atoms with van der Waals surface area (Å²) in [7, 11) is -1.78. The number of esters is 1. The summed E-state index contributed by atoms with van der Waals surface area (Å²) in [5.74, 6) is -0.630. The van der Waals surface area contributed by atoms with E-state index in [0.29, 0.717) is 0 Å². The average Bonchev–Trinajstić information content (AvgIpc) is 2.15. The predicted octanol–water partition coefficient (Wildman–Crippen LogP) is 0.904. The lowest BCUT2D eigenvalue weighted by Crippen LogP contribution is -2.10. The van der Waals surface area contributed by atoms with Crippen molar-refractivity contribution >= 4 is 15.7 Å². The Morgan fingerprint density at radius 1 is 1.64 bits per heavy atom. The van der Waals surface area contributed by atoms with Crippen molar-refractivity contribution in [2.75, 3.05) is 13.4 Å². The predicted molar refractivity (Wildman–Crippen MR) is 50.6 cm³/mol. The van der Waals surface area contributed by atoms with Crippen LogP contribution in [0.2, 0.25) is 0 Å². The highest BCUT2D eigenvalue weighted by molar-refractivity contribution is 7.91. The summed E-state index contributed by atoms with van der Waals surface area (Å²) in [5.41, 5.74) is 0.0810. The molecule has 6 heteroatoms. The van der Waals surface area contributed by atoms with Crippen LogP contribution in [-0.4, -0.2) is 28.5 Å². The highest BCUT2D eigenvalue weighted by Crippen LogP contribution is 2.13. The van der Waals surface area contributed by atoms with Crippen LogP contribution in [0.5, 0.6) is 0 Å². The molecule has 0 amide bonds. The standard InChI is InChI=1S/C8H10N2O3S/c1-13-8(11)6-4-3-5-10-7(6)14(2,9)12/h3-5,9H,1-2H3/t14-/m1/s1. The molecule has 0 saturated heterocycles. The van der Waals surface area contributed by atoms with Crippen molar-refractivity contribution < 1.29 is 13.7 Å². The number of pyridine rings is 1. The summed E-state index contributed by atoms with van der Waals surface area (Å²) in [6.07, 6.45) is 2.60. The van der Waals surface area contributed by atoms with E-state index in [2.05, 4.69) is 9.72 Å². The largest absolute Gasteiger partial charge is 0.465 e. The Kier molecular flexibility index (Phi) is 2.85. The molecule has 0 aliphatic heterocycles. The summed E-state index contributed by atoms with van der Waals surface area (Å²) >= 11 is 0. The number of methoxy groups -OCH3 is 1. The summed E-state index contributed by atoms with van der Waals surface area (Å²) in [5, 5.41) is -0.0353. The lowest BCUT2D eigenvalue weighted by Gasteiger charge is -2.05. The molecule has 0 bridgehead atoms. The number of nitrogens with one attached hydrogen (secondary N) is 1. The van der Waals surface area contributed by atoms with Gasteiger partial charge in [-0.05, 0) is 12.1 Å². The maximum atomic E-state index is 11.4. The van der Waals surface area contributed by atoms with Crippen molar-refractivity contribution in [1.29, 1.82) is 4.78 Å². The number of carbonyl (C=O) groups is 1. The van der Waals surface area contributed by atoms with Gasteiger partial charge in [-0.1, -0.05) is 0 Å². The van der Waals surface area contributed by atoms with Crippen molar-refractivity contribution in [3.05, 3.63) is 23.9 Å². The first-order valence-electron chi connectivity index (χ1n) is 3.74. The van der Waals surface area contributed by atoms with Crippen molar-refractivity contribution in [3.63, 3.8) is 0 Å². The molecule has 1 aromatic heterocycles. The second-order valence-corrected chi connectivity index (χ2v) is 4.77. The molecule has 1 aromatic rings. The number of carbonyl (C=O) groups excluding carboxylic acids is 1. The maximum absolute atomic E-state index is 11.4. The first-order valence-corrected chi connectivity index (χ1v) is 5.70. The van der Waals surface area contributed by atoms with Crippen LogP contribution >= 0.6 is 0 Å². The number of hydrogen-bond donors (Lipinski definition) is 1. The zero-order valence-corrected chi connectivity index (χ0v) is 8.63. The van der Waals surface area contributed by atoms with E-state index in [1.165, 1.54) is 31.7 Å². The number of aromatic nitrogens is 1. The van der Waals surface area contributed by atoms with Crippen LogP contribution < -0.4 is 0 Å². The van der Waals surface area contributed by atoms with Gasteiger partial charge in [0.1, 0.15) is 5.03 Å². The molecule has 0 aromatic carbocycles. The van der Waals surface area contributed by atoms with E-state index in [1.807, 2.05) is 0 Å². The number of ether oxygens (including phenoxy) is 1. The summed E-state index contributed by atoms with van der Waals surface area (Å²) in [6, 6.07) is 2.97. The molecule has 14 heavy (non-hydrogen) atoms. The third-order valence-corrected chi connectivity index (χ3v) is 2.61. The Morgan fingerprint density at radius 3 is 2.79 bits per heavy atom. The number of nitrogens with zero attached hydrogens (tertiary/aromatic N) is 1. The first kappa shape index (κ1) is 10.6. The molecule has 0 unspecified atom stereocenters. The molecular formula is C8H10N2O3S. The van der Waals surface area contributed by atoms with Crippen LogP contribution in [0.25, 0.3) is 0 Å². The second kappa shape index (κ2) is 3.75. The number of rotatable bonds is 2. The zero-order chi connectivity index (χ0) is 10.8. The first-order chi connectivity index (χ1) is 6.46. The molecule has 1 atom stereocenters. The molecule has 0 spiro atoms. The Labute approximate surface area is 82.1 Å². The molecule has 0 radical (unpaired) electrons. The Bertz CT molecular complexity index is 453. The minimum absolute atomic E-state index is 0.0353. The third-order valence-electron chi connectivity index (χ3n) is 1.55. The van der Waals surface area contributed by atoms with Gasteiger partial charge in [-0.2, -0.15) is 0 Å². The Morgan fingerprint density at radius 2 is 2.29 bits per heavy atom. The molecule has 1 N–H and O–H groups in total. The fourth-order valence-electron chi connectivity index (χ4n) is 0.967. The van der Waals surface area contributed by atoms with E-state index in [9.17, 15) is 9.00 Å². The van der Waals surface area contributed by atoms with Gasteiger partial charge in [0.25, 0.3) is 0 Å². The molecule has 5 nitrogen and oxygen atoms in total. The van der Waals surface area contributed by atoms with Crippen LogP contribution in [-0.2, 0) is 14.5 Å². The summed E-state index contributed by atoms with van der Waals surface area (Å²) < 4.78 is 23.2. The molecule has 76 valence electrons. The van der Waals surface area contributed by atoms with Gasteiger partial charge in [0.05, 0.1) is 22.4 Å². The third kappa shape index (κ3) is 2.08. The minimum atomic E-state index is -3.00. The second-order valence-electron chi connectivity index (χ2n) is 2.69. The SMILES string of the molecule is COC(=O)c1cccnc1[S@](C)(=N)=O. The monoisotopic (exact) mass is 214 g/mol. The van der Waals surface area contributed by atoms with Gasteiger partial charge in [0.15, 0.2) is 0 Å². The molecule has 0 aliphatic rings. The Balaban J connectivity index is 3.38. The van der Waals surface area contributed by atoms with E-state index in [0.717, 1.165) is 0 Å². The molecule has 1 rings (SSSR count). The van der Waals surface area contributed by atoms with E-state index in [-0.39, 0.29) is 10.6 Å². The van der Waals surface area contributed by atoms with Crippen molar-refractivity contribution in [2.24, 2.45) is 0 Å². The average molecular weight is 214 g/mol. The lowest BCUT2D eigenvalue weighted by molar-refractivity contribution is 0.0595. The molecule has 0 saturated carbocycles. The maximum Gasteiger partial charge on any atom is 0.340 e. The topological polar surface area (TPSA) is 80.1 Å². The minimum Gasteiger partial charge on any atom is -0.465 e. The van der Waals surface area contributed by atoms with Crippen molar-refractivity contribution in [3.8, 4) is 0 Å². The fourth-order valence-corrected chi connectivity index (χ4v) is 1.80. The van der Waals surface area contributed by atoms with Gasteiger partial charge in [-0.25, -0.2) is 18.8 Å². The van der Waals surface area contributed by atoms with Gasteiger partial charge in [0.2, 0.25) is 0 Å².